The van der Waals surface area contributed by atoms with Gasteiger partial charge in [-0.2, -0.15) is 0 Å². The molecule has 4 nitrogen and oxygen atoms in total. The minimum atomic E-state index is 0.273. The second-order valence-electron chi connectivity index (χ2n) is 6.17. The van der Waals surface area contributed by atoms with Crippen molar-refractivity contribution in [3.8, 4) is 0 Å². The fourth-order valence-corrected chi connectivity index (χ4v) is 3.11. The Morgan fingerprint density at radius 1 is 1.16 bits per heavy atom. The summed E-state index contributed by atoms with van der Waals surface area (Å²) in [7, 11) is 4.12. The van der Waals surface area contributed by atoms with Crippen LogP contribution >= 0.6 is 0 Å². The van der Waals surface area contributed by atoms with Crippen LogP contribution in [0.4, 0.5) is 0 Å². The lowest BCUT2D eigenvalue weighted by atomic mass is 10.0. The third kappa shape index (κ3) is 4.46. The van der Waals surface area contributed by atoms with Crippen molar-refractivity contribution in [3.05, 3.63) is 0 Å². The van der Waals surface area contributed by atoms with Crippen molar-refractivity contribution in [2.75, 3.05) is 40.4 Å². The van der Waals surface area contributed by atoms with Crippen molar-refractivity contribution in [2.45, 2.75) is 44.6 Å². The smallest absolute Gasteiger partial charge is 0.222 e. The molecule has 1 aliphatic carbocycles. The van der Waals surface area contributed by atoms with Crippen LogP contribution in [0.25, 0.3) is 0 Å². The van der Waals surface area contributed by atoms with Gasteiger partial charge in [-0.05, 0) is 32.2 Å². The lowest BCUT2D eigenvalue weighted by Crippen LogP contribution is -2.38. The van der Waals surface area contributed by atoms with Crippen molar-refractivity contribution >= 4 is 5.91 Å². The Morgan fingerprint density at radius 3 is 2.53 bits per heavy atom. The largest absolute Gasteiger partial charge is 0.381 e. The summed E-state index contributed by atoms with van der Waals surface area (Å²) in [6, 6.07) is 0.742. The second-order valence-corrected chi connectivity index (χ2v) is 6.17. The van der Waals surface area contributed by atoms with Gasteiger partial charge in [0.05, 0.1) is 0 Å². The van der Waals surface area contributed by atoms with Gasteiger partial charge in [0.15, 0.2) is 0 Å². The highest BCUT2D eigenvalue weighted by Crippen LogP contribution is 2.22. The van der Waals surface area contributed by atoms with Crippen molar-refractivity contribution in [3.63, 3.8) is 0 Å². The van der Waals surface area contributed by atoms with E-state index in [0.29, 0.717) is 12.3 Å². The van der Waals surface area contributed by atoms with E-state index < -0.39 is 0 Å². The molecule has 110 valence electrons. The summed E-state index contributed by atoms with van der Waals surface area (Å²) < 4.78 is 5.32. The summed E-state index contributed by atoms with van der Waals surface area (Å²) in [5.41, 5.74) is 0. The lowest BCUT2D eigenvalue weighted by Gasteiger charge is -2.27. The van der Waals surface area contributed by atoms with E-state index in [1.54, 1.807) is 0 Å². The molecular formula is C15H28N2O2. The Kier molecular flexibility index (Phi) is 5.64. The molecular weight excluding hydrogens is 240 g/mol. The molecule has 0 bridgehead atoms. The van der Waals surface area contributed by atoms with Crippen LogP contribution < -0.4 is 0 Å². The zero-order valence-corrected chi connectivity index (χ0v) is 12.4. The molecule has 19 heavy (non-hydrogen) atoms. The predicted octanol–water partition coefficient (Wildman–Crippen LogP) is 1.75. The number of amides is 1. The Balaban J connectivity index is 1.64. The Morgan fingerprint density at radius 2 is 1.89 bits per heavy atom. The Labute approximate surface area is 117 Å². The molecule has 2 fully saturated rings. The van der Waals surface area contributed by atoms with Crippen molar-refractivity contribution in [2.24, 2.45) is 5.92 Å². The minimum Gasteiger partial charge on any atom is -0.381 e. The van der Waals surface area contributed by atoms with Crippen LogP contribution in [0, 0.1) is 5.92 Å². The fraction of sp³-hybridized carbons (Fsp3) is 0.933. The normalized spacial score (nSPS) is 24.3. The van der Waals surface area contributed by atoms with E-state index in [2.05, 4.69) is 11.9 Å². The van der Waals surface area contributed by atoms with Gasteiger partial charge in [-0.25, -0.2) is 0 Å². The lowest BCUT2D eigenvalue weighted by molar-refractivity contribution is -0.131. The number of rotatable bonds is 6. The Bertz CT molecular complexity index is 284. The van der Waals surface area contributed by atoms with Gasteiger partial charge in [-0.1, -0.05) is 12.8 Å². The maximum atomic E-state index is 12.1. The zero-order valence-electron chi connectivity index (χ0n) is 12.4. The van der Waals surface area contributed by atoms with Crippen molar-refractivity contribution in [1.29, 1.82) is 0 Å². The molecule has 0 aromatic heterocycles. The fourth-order valence-electron chi connectivity index (χ4n) is 3.11. The molecule has 1 aliphatic heterocycles. The highest BCUT2D eigenvalue weighted by molar-refractivity contribution is 5.76. The highest BCUT2D eigenvalue weighted by Gasteiger charge is 2.22. The van der Waals surface area contributed by atoms with Gasteiger partial charge < -0.3 is 14.5 Å². The summed E-state index contributed by atoms with van der Waals surface area (Å²) in [6.45, 7) is 3.43. The van der Waals surface area contributed by atoms with Gasteiger partial charge in [0.1, 0.15) is 0 Å². The van der Waals surface area contributed by atoms with Crippen LogP contribution in [0.5, 0.6) is 0 Å². The van der Waals surface area contributed by atoms with Crippen molar-refractivity contribution in [1.82, 2.24) is 9.80 Å². The topological polar surface area (TPSA) is 32.8 Å². The van der Waals surface area contributed by atoms with Gasteiger partial charge >= 0.3 is 0 Å². The van der Waals surface area contributed by atoms with E-state index in [4.69, 9.17) is 4.74 Å². The van der Waals surface area contributed by atoms with Crippen LogP contribution in [0.1, 0.15) is 38.5 Å². The molecule has 1 amide bonds. The molecule has 0 unspecified atom stereocenters. The van der Waals surface area contributed by atoms with Gasteiger partial charge in [0, 0.05) is 45.8 Å². The van der Waals surface area contributed by atoms with Crippen LogP contribution in [-0.2, 0) is 9.53 Å². The maximum Gasteiger partial charge on any atom is 0.222 e. The molecule has 2 rings (SSSR count). The molecule has 0 aromatic rings. The summed E-state index contributed by atoms with van der Waals surface area (Å²) in [6.07, 6.45) is 7.09. The third-order valence-electron chi connectivity index (χ3n) is 4.65. The molecule has 4 heteroatoms. The van der Waals surface area contributed by atoms with Crippen LogP contribution in [0.2, 0.25) is 0 Å². The number of nitrogens with zero attached hydrogens (tertiary/aromatic N) is 2. The van der Waals surface area contributed by atoms with Crippen LogP contribution in [0.15, 0.2) is 0 Å². The molecule has 1 heterocycles. The van der Waals surface area contributed by atoms with Crippen LogP contribution in [-0.4, -0.2) is 62.1 Å². The highest BCUT2D eigenvalue weighted by atomic mass is 16.5. The number of ether oxygens (including phenoxy) is 1. The number of hydrogen-bond acceptors (Lipinski definition) is 3. The molecule has 1 atom stereocenters. The van der Waals surface area contributed by atoms with Crippen LogP contribution in [0.3, 0.4) is 0 Å². The molecule has 0 radical (unpaired) electrons. The van der Waals surface area contributed by atoms with Gasteiger partial charge in [0.25, 0.3) is 0 Å². The van der Waals surface area contributed by atoms with E-state index in [1.807, 2.05) is 11.9 Å². The zero-order chi connectivity index (χ0) is 13.7. The SMILES string of the molecule is CN(CCN(C)C1CCCC1)C(=O)C[C@@H]1CCOC1. The first-order chi connectivity index (χ1) is 9.16. The third-order valence-corrected chi connectivity index (χ3v) is 4.65. The first kappa shape index (κ1) is 14.8. The first-order valence-corrected chi connectivity index (χ1v) is 7.68. The number of carbonyl (C=O) groups excluding carboxylic acids is 1. The standard InChI is InChI=1S/C15H28N2O2/c1-16(14-5-3-4-6-14)8-9-17(2)15(18)11-13-7-10-19-12-13/h13-14H,3-12H2,1-2H3/t13-/m0/s1. The average Bonchev–Trinajstić information content (AvgIpc) is 3.07. The quantitative estimate of drug-likeness (QED) is 0.736. The molecule has 1 saturated heterocycles. The van der Waals surface area contributed by atoms with E-state index in [-0.39, 0.29) is 5.91 Å². The summed E-state index contributed by atoms with van der Waals surface area (Å²) in [4.78, 5) is 16.4. The van der Waals surface area contributed by atoms with Gasteiger partial charge in [0.2, 0.25) is 5.91 Å². The first-order valence-electron chi connectivity index (χ1n) is 7.68. The monoisotopic (exact) mass is 268 g/mol. The minimum absolute atomic E-state index is 0.273. The predicted molar refractivity (Wildman–Crippen MR) is 76.1 cm³/mol. The summed E-state index contributed by atoms with van der Waals surface area (Å²) in [5, 5.41) is 0. The van der Waals surface area contributed by atoms with E-state index >= 15 is 0 Å². The number of likely N-dealkylation sites (N-methyl/N-ethyl adjacent to an activating group) is 2. The molecule has 0 spiro atoms. The Hall–Kier alpha value is -0.610. The maximum absolute atomic E-state index is 12.1. The molecule has 0 aromatic carbocycles. The molecule has 2 aliphatic rings. The van der Waals surface area contributed by atoms with Gasteiger partial charge in [-0.15, -0.1) is 0 Å². The van der Waals surface area contributed by atoms with E-state index in [1.165, 1.54) is 25.7 Å². The van der Waals surface area contributed by atoms with Gasteiger partial charge in [-0.3, -0.25) is 4.79 Å². The summed E-state index contributed by atoms with van der Waals surface area (Å²) in [5.74, 6) is 0.720. The van der Waals surface area contributed by atoms with E-state index in [0.717, 1.165) is 38.8 Å². The van der Waals surface area contributed by atoms with E-state index in [9.17, 15) is 4.79 Å². The number of carbonyl (C=O) groups is 1. The number of hydrogen-bond donors (Lipinski definition) is 0. The average molecular weight is 268 g/mol. The molecule has 1 saturated carbocycles. The molecule has 0 N–H and O–H groups in total. The van der Waals surface area contributed by atoms with Crippen molar-refractivity contribution < 1.29 is 9.53 Å². The second kappa shape index (κ2) is 7.25. The summed E-state index contributed by atoms with van der Waals surface area (Å²) >= 11 is 0.